The number of carbonyl (C=O) groups is 4. The summed E-state index contributed by atoms with van der Waals surface area (Å²) in [6.45, 7) is 4.55. The fraction of sp³-hybridized carbons (Fsp3) is 0.333. The van der Waals surface area contributed by atoms with Crippen LogP contribution in [0, 0.1) is 0 Å². The van der Waals surface area contributed by atoms with Gasteiger partial charge in [-0.1, -0.05) is 6.08 Å². The van der Waals surface area contributed by atoms with Crippen LogP contribution < -0.4 is 0 Å². The van der Waals surface area contributed by atoms with E-state index in [4.69, 9.17) is 9.47 Å². The standard InChI is InChI=1S/C18H19NO6/c1-5-10(2)18(23)25-8-13-14-12(6-7-19(13)9-20)15(21)11(3)17(24-4)16(14)22/h5-7,9,13H,8H2,1-4H3/b10-5-. The first-order valence-corrected chi connectivity index (χ1v) is 7.66. The third-order valence-corrected chi connectivity index (χ3v) is 4.23. The van der Waals surface area contributed by atoms with E-state index in [0.29, 0.717) is 12.0 Å². The Morgan fingerprint density at radius 1 is 1.32 bits per heavy atom. The van der Waals surface area contributed by atoms with Gasteiger partial charge in [-0.05, 0) is 26.8 Å². The minimum atomic E-state index is -0.888. The maximum absolute atomic E-state index is 12.7. The van der Waals surface area contributed by atoms with Crippen molar-refractivity contribution in [1.82, 2.24) is 4.90 Å². The van der Waals surface area contributed by atoms with Crippen LogP contribution in [0.1, 0.15) is 20.8 Å². The topological polar surface area (TPSA) is 90.0 Å². The maximum Gasteiger partial charge on any atom is 0.333 e. The molecule has 1 aliphatic heterocycles. The zero-order valence-electron chi connectivity index (χ0n) is 14.5. The van der Waals surface area contributed by atoms with Gasteiger partial charge >= 0.3 is 5.97 Å². The van der Waals surface area contributed by atoms with Crippen LogP contribution in [-0.2, 0) is 28.7 Å². The lowest BCUT2D eigenvalue weighted by Crippen LogP contribution is -2.44. The van der Waals surface area contributed by atoms with E-state index in [1.807, 2.05) is 0 Å². The molecule has 0 N–H and O–H groups in total. The predicted molar refractivity (Wildman–Crippen MR) is 88.0 cm³/mol. The molecule has 132 valence electrons. The monoisotopic (exact) mass is 345 g/mol. The first kappa shape index (κ1) is 18.4. The van der Waals surface area contributed by atoms with E-state index < -0.39 is 17.8 Å². The Hall–Kier alpha value is -2.96. The molecule has 0 bridgehead atoms. The fourth-order valence-electron chi connectivity index (χ4n) is 2.66. The molecule has 1 aliphatic carbocycles. The summed E-state index contributed by atoms with van der Waals surface area (Å²) in [4.78, 5) is 49.6. The number of allylic oxidation sites excluding steroid dienone is 5. The molecule has 1 heterocycles. The average molecular weight is 345 g/mol. The van der Waals surface area contributed by atoms with Crippen LogP contribution in [-0.4, -0.2) is 48.6 Å². The van der Waals surface area contributed by atoms with E-state index in [-0.39, 0.29) is 34.9 Å². The first-order chi connectivity index (χ1) is 11.9. The molecule has 7 nitrogen and oxygen atoms in total. The molecule has 0 saturated heterocycles. The molecular weight excluding hydrogens is 326 g/mol. The van der Waals surface area contributed by atoms with Crippen LogP contribution >= 0.6 is 0 Å². The lowest BCUT2D eigenvalue weighted by atomic mass is 9.83. The van der Waals surface area contributed by atoms with Gasteiger partial charge in [-0.2, -0.15) is 0 Å². The van der Waals surface area contributed by atoms with E-state index in [1.165, 1.54) is 31.2 Å². The molecule has 1 unspecified atom stereocenters. The molecule has 25 heavy (non-hydrogen) atoms. The molecule has 0 fully saturated rings. The van der Waals surface area contributed by atoms with Gasteiger partial charge in [0.2, 0.25) is 12.2 Å². The van der Waals surface area contributed by atoms with Gasteiger partial charge in [0.05, 0.1) is 13.2 Å². The van der Waals surface area contributed by atoms with E-state index in [2.05, 4.69) is 0 Å². The van der Waals surface area contributed by atoms with Crippen molar-refractivity contribution in [2.45, 2.75) is 26.8 Å². The Kier molecular flexibility index (Phi) is 5.36. The lowest BCUT2D eigenvalue weighted by molar-refractivity contribution is -0.141. The van der Waals surface area contributed by atoms with Crippen molar-refractivity contribution in [2.75, 3.05) is 13.7 Å². The highest BCUT2D eigenvalue weighted by molar-refractivity contribution is 6.26. The summed E-state index contributed by atoms with van der Waals surface area (Å²) in [6, 6.07) is -0.888. The van der Waals surface area contributed by atoms with E-state index >= 15 is 0 Å². The van der Waals surface area contributed by atoms with Crippen LogP contribution in [0.4, 0.5) is 0 Å². The molecule has 0 aromatic heterocycles. The Morgan fingerprint density at radius 2 is 2.00 bits per heavy atom. The number of hydrogen-bond acceptors (Lipinski definition) is 6. The number of esters is 1. The zero-order chi connectivity index (χ0) is 18.7. The normalized spacial score (nSPS) is 20.7. The predicted octanol–water partition coefficient (Wildman–Crippen LogP) is 1.22. The van der Waals surface area contributed by atoms with Crippen LogP contribution in [0.3, 0.4) is 0 Å². The highest BCUT2D eigenvalue weighted by Crippen LogP contribution is 2.32. The summed E-state index contributed by atoms with van der Waals surface area (Å²) in [7, 11) is 1.30. The van der Waals surface area contributed by atoms with Gasteiger partial charge in [0.1, 0.15) is 6.61 Å². The number of Topliss-reactive ketones (excluding diaryl/α,β-unsaturated/α-hetero) is 2. The first-order valence-electron chi connectivity index (χ1n) is 7.66. The number of hydrogen-bond donors (Lipinski definition) is 0. The number of ketones is 2. The van der Waals surface area contributed by atoms with Crippen molar-refractivity contribution in [1.29, 1.82) is 0 Å². The number of rotatable bonds is 5. The maximum atomic E-state index is 12.7. The molecule has 0 aromatic carbocycles. The van der Waals surface area contributed by atoms with Crippen molar-refractivity contribution in [3.63, 3.8) is 0 Å². The zero-order valence-corrected chi connectivity index (χ0v) is 14.5. The van der Waals surface area contributed by atoms with Gasteiger partial charge in [-0.3, -0.25) is 14.4 Å². The Morgan fingerprint density at radius 3 is 2.56 bits per heavy atom. The number of carbonyl (C=O) groups excluding carboxylic acids is 4. The van der Waals surface area contributed by atoms with E-state index in [1.54, 1.807) is 19.9 Å². The third-order valence-electron chi connectivity index (χ3n) is 4.23. The highest BCUT2D eigenvalue weighted by atomic mass is 16.5. The lowest BCUT2D eigenvalue weighted by Gasteiger charge is -2.33. The molecular formula is C18H19NO6. The molecule has 0 saturated carbocycles. The molecule has 2 rings (SSSR count). The van der Waals surface area contributed by atoms with Crippen LogP contribution in [0.25, 0.3) is 0 Å². The minimum absolute atomic E-state index is 0.0640. The molecule has 1 atom stereocenters. The summed E-state index contributed by atoms with van der Waals surface area (Å²) in [5.41, 5.74) is 0.881. The second-order valence-corrected chi connectivity index (χ2v) is 5.60. The third kappa shape index (κ3) is 3.17. The van der Waals surface area contributed by atoms with Crippen LogP contribution in [0.2, 0.25) is 0 Å². The minimum Gasteiger partial charge on any atom is -0.492 e. The quantitative estimate of drug-likeness (QED) is 0.322. The Bertz CT molecular complexity index is 768. The number of methoxy groups -OCH3 is 1. The molecule has 0 radical (unpaired) electrons. The Balaban J connectivity index is 2.40. The number of nitrogens with zero attached hydrogens (tertiary/aromatic N) is 1. The van der Waals surface area contributed by atoms with E-state index in [0.717, 1.165) is 0 Å². The molecule has 2 aliphatic rings. The van der Waals surface area contributed by atoms with Gasteiger partial charge in [0.15, 0.2) is 11.5 Å². The van der Waals surface area contributed by atoms with Crippen LogP contribution in [0.15, 0.2) is 46.4 Å². The van der Waals surface area contributed by atoms with Gasteiger partial charge < -0.3 is 14.4 Å². The van der Waals surface area contributed by atoms with Crippen molar-refractivity contribution >= 4 is 23.9 Å². The fourth-order valence-corrected chi connectivity index (χ4v) is 2.66. The van der Waals surface area contributed by atoms with Gasteiger partial charge in [0.25, 0.3) is 0 Å². The van der Waals surface area contributed by atoms with Gasteiger partial charge in [-0.15, -0.1) is 0 Å². The molecule has 1 amide bonds. The van der Waals surface area contributed by atoms with Crippen molar-refractivity contribution < 1.29 is 28.7 Å². The van der Waals surface area contributed by atoms with Gasteiger partial charge in [-0.25, -0.2) is 4.79 Å². The van der Waals surface area contributed by atoms with Crippen LogP contribution in [0.5, 0.6) is 0 Å². The average Bonchev–Trinajstić information content (AvgIpc) is 2.63. The van der Waals surface area contributed by atoms with Crippen molar-refractivity contribution in [2.24, 2.45) is 0 Å². The summed E-state index contributed by atoms with van der Waals surface area (Å²) >= 11 is 0. The smallest absolute Gasteiger partial charge is 0.333 e. The molecule has 7 heteroatoms. The number of amides is 1. The molecule has 0 spiro atoms. The van der Waals surface area contributed by atoms with E-state index in [9.17, 15) is 19.2 Å². The summed E-state index contributed by atoms with van der Waals surface area (Å²) in [5, 5.41) is 0. The SMILES string of the molecule is C/C=C(/C)C(=O)OCC1C2=C(C=CN1C=O)C(=O)C(C)=C(OC)C2=O. The van der Waals surface area contributed by atoms with Crippen molar-refractivity contribution in [3.05, 3.63) is 46.4 Å². The highest BCUT2D eigenvalue weighted by Gasteiger charge is 2.40. The summed E-state index contributed by atoms with van der Waals surface area (Å²) in [6.07, 6.45) is 4.91. The largest absolute Gasteiger partial charge is 0.492 e. The molecule has 0 aromatic rings. The second-order valence-electron chi connectivity index (χ2n) is 5.60. The van der Waals surface area contributed by atoms with Crippen molar-refractivity contribution in [3.8, 4) is 0 Å². The number of ether oxygens (including phenoxy) is 2. The second kappa shape index (κ2) is 7.29. The Labute approximate surface area is 145 Å². The van der Waals surface area contributed by atoms with Gasteiger partial charge in [0, 0.05) is 28.5 Å². The summed E-state index contributed by atoms with van der Waals surface area (Å²) < 4.78 is 10.3. The summed E-state index contributed by atoms with van der Waals surface area (Å²) in [5.74, 6) is -1.46.